The van der Waals surface area contributed by atoms with Crippen LogP contribution in [0.4, 0.5) is 0 Å². The highest BCUT2D eigenvalue weighted by atomic mass is 79.9. The molecule has 0 spiro atoms. The van der Waals surface area contributed by atoms with Gasteiger partial charge >= 0.3 is 0 Å². The van der Waals surface area contributed by atoms with E-state index in [9.17, 15) is 0 Å². The first kappa shape index (κ1) is 8.04. The van der Waals surface area contributed by atoms with Crippen LogP contribution in [0.1, 0.15) is 5.69 Å². The number of nitrogens with zero attached hydrogens (tertiary/aromatic N) is 4. The SMILES string of the molecule is [N-]=[N+]=NCc1cc(Br)ccn1. The van der Waals surface area contributed by atoms with E-state index in [1.165, 1.54) is 0 Å². The molecule has 1 aromatic rings. The van der Waals surface area contributed by atoms with Gasteiger partial charge in [-0.1, -0.05) is 21.0 Å². The zero-order valence-electron chi connectivity index (χ0n) is 5.61. The van der Waals surface area contributed by atoms with Gasteiger partial charge in [-0.2, -0.15) is 0 Å². The van der Waals surface area contributed by atoms with Gasteiger partial charge in [-0.3, -0.25) is 4.98 Å². The summed E-state index contributed by atoms with van der Waals surface area (Å²) in [5.41, 5.74) is 8.78. The minimum absolute atomic E-state index is 0.302. The van der Waals surface area contributed by atoms with Gasteiger partial charge in [-0.15, -0.1) is 0 Å². The highest BCUT2D eigenvalue weighted by Gasteiger charge is 1.91. The van der Waals surface area contributed by atoms with Crippen LogP contribution in [0.15, 0.2) is 27.9 Å². The van der Waals surface area contributed by atoms with Crippen LogP contribution in [-0.4, -0.2) is 4.98 Å². The van der Waals surface area contributed by atoms with Crippen LogP contribution in [0.25, 0.3) is 10.4 Å². The lowest BCUT2D eigenvalue weighted by molar-refractivity contribution is 0.973. The minimum Gasteiger partial charge on any atom is -0.261 e. The number of rotatable bonds is 2. The Labute approximate surface area is 72.0 Å². The molecule has 0 bridgehead atoms. The number of hydrogen-bond acceptors (Lipinski definition) is 2. The third-order valence-corrected chi connectivity index (χ3v) is 1.57. The van der Waals surface area contributed by atoms with Crippen molar-refractivity contribution in [3.8, 4) is 0 Å². The highest BCUT2D eigenvalue weighted by Crippen LogP contribution is 2.09. The van der Waals surface area contributed by atoms with Gasteiger partial charge in [0.15, 0.2) is 0 Å². The van der Waals surface area contributed by atoms with Crippen molar-refractivity contribution in [1.82, 2.24) is 4.98 Å². The Morgan fingerprint density at radius 1 is 1.73 bits per heavy atom. The van der Waals surface area contributed by atoms with Crippen LogP contribution in [0.5, 0.6) is 0 Å². The molecule has 0 saturated carbocycles. The van der Waals surface area contributed by atoms with E-state index in [1.807, 2.05) is 12.1 Å². The number of azide groups is 1. The van der Waals surface area contributed by atoms with Gasteiger partial charge in [0.1, 0.15) is 0 Å². The summed E-state index contributed by atoms with van der Waals surface area (Å²) in [6.45, 7) is 0.302. The summed E-state index contributed by atoms with van der Waals surface area (Å²) in [5.74, 6) is 0. The van der Waals surface area contributed by atoms with E-state index >= 15 is 0 Å². The van der Waals surface area contributed by atoms with Gasteiger partial charge in [0.05, 0.1) is 6.54 Å². The van der Waals surface area contributed by atoms with Gasteiger partial charge in [-0.25, -0.2) is 0 Å². The second kappa shape index (κ2) is 3.95. The molecule has 0 atom stereocenters. The summed E-state index contributed by atoms with van der Waals surface area (Å²) < 4.78 is 0.940. The van der Waals surface area contributed by atoms with Gasteiger partial charge in [0.2, 0.25) is 0 Å². The van der Waals surface area contributed by atoms with E-state index < -0.39 is 0 Å². The van der Waals surface area contributed by atoms with Crippen molar-refractivity contribution in [3.05, 3.63) is 38.9 Å². The second-order valence-corrected chi connectivity index (χ2v) is 2.77. The number of hydrogen-bond donors (Lipinski definition) is 0. The molecule has 1 rings (SSSR count). The molecule has 56 valence electrons. The zero-order chi connectivity index (χ0) is 8.10. The molecular formula is C6H5BrN4. The van der Waals surface area contributed by atoms with E-state index in [-0.39, 0.29) is 0 Å². The van der Waals surface area contributed by atoms with E-state index in [0.717, 1.165) is 10.2 Å². The Bertz CT molecular complexity index is 292. The second-order valence-electron chi connectivity index (χ2n) is 1.85. The topological polar surface area (TPSA) is 61.7 Å². The minimum atomic E-state index is 0.302. The smallest absolute Gasteiger partial charge is 0.0684 e. The molecule has 0 N–H and O–H groups in total. The quantitative estimate of drug-likeness (QED) is 0.423. The fourth-order valence-corrected chi connectivity index (χ4v) is 1.02. The van der Waals surface area contributed by atoms with Crippen LogP contribution >= 0.6 is 15.9 Å². The standard InChI is InChI=1S/C6H5BrN4/c7-5-1-2-9-6(3-5)4-10-11-8/h1-3H,4H2. The fourth-order valence-electron chi connectivity index (χ4n) is 0.639. The Morgan fingerprint density at radius 3 is 3.18 bits per heavy atom. The molecule has 0 unspecified atom stereocenters. The van der Waals surface area contributed by atoms with E-state index in [0.29, 0.717) is 6.54 Å². The third-order valence-electron chi connectivity index (χ3n) is 1.07. The number of halogens is 1. The van der Waals surface area contributed by atoms with Crippen molar-refractivity contribution in [3.63, 3.8) is 0 Å². The highest BCUT2D eigenvalue weighted by molar-refractivity contribution is 9.10. The van der Waals surface area contributed by atoms with E-state index in [1.54, 1.807) is 6.20 Å². The average Bonchev–Trinajstić information content (AvgIpc) is 2.01. The van der Waals surface area contributed by atoms with Gasteiger partial charge < -0.3 is 0 Å². The summed E-state index contributed by atoms with van der Waals surface area (Å²) >= 11 is 3.28. The molecule has 1 aromatic heterocycles. The lowest BCUT2D eigenvalue weighted by atomic mass is 10.4. The molecule has 5 heteroatoms. The molecule has 0 aliphatic carbocycles. The predicted octanol–water partition coefficient (Wildman–Crippen LogP) is 2.65. The monoisotopic (exact) mass is 212 g/mol. The Hall–Kier alpha value is -1.06. The summed E-state index contributed by atoms with van der Waals surface area (Å²) in [6.07, 6.45) is 1.66. The first-order chi connectivity index (χ1) is 5.33. The Balaban J connectivity index is 2.79. The molecule has 0 amide bonds. The first-order valence-corrected chi connectivity index (χ1v) is 3.73. The van der Waals surface area contributed by atoms with Crippen molar-refractivity contribution in [2.75, 3.05) is 0 Å². The molecule has 0 aromatic carbocycles. The average molecular weight is 213 g/mol. The van der Waals surface area contributed by atoms with Crippen LogP contribution in [-0.2, 0) is 6.54 Å². The van der Waals surface area contributed by atoms with E-state index in [2.05, 4.69) is 30.9 Å². The van der Waals surface area contributed by atoms with Crippen LogP contribution in [0.2, 0.25) is 0 Å². The maximum atomic E-state index is 8.02. The van der Waals surface area contributed by atoms with Crippen molar-refractivity contribution in [2.24, 2.45) is 5.11 Å². The maximum Gasteiger partial charge on any atom is 0.0684 e. The summed E-state index contributed by atoms with van der Waals surface area (Å²) in [4.78, 5) is 6.61. The maximum absolute atomic E-state index is 8.02. The molecule has 11 heavy (non-hydrogen) atoms. The lowest BCUT2D eigenvalue weighted by Gasteiger charge is -1.93. The van der Waals surface area contributed by atoms with Crippen LogP contribution < -0.4 is 0 Å². The Kier molecular flexibility index (Phi) is 2.89. The Morgan fingerprint density at radius 2 is 2.55 bits per heavy atom. The third kappa shape index (κ3) is 2.57. The normalized spacial score (nSPS) is 8.82. The van der Waals surface area contributed by atoms with Crippen LogP contribution in [0.3, 0.4) is 0 Å². The number of pyridine rings is 1. The number of aromatic nitrogens is 1. The zero-order valence-corrected chi connectivity index (χ0v) is 7.19. The molecule has 0 saturated heterocycles. The fraction of sp³-hybridized carbons (Fsp3) is 0.167. The molecule has 4 nitrogen and oxygen atoms in total. The van der Waals surface area contributed by atoms with Crippen LogP contribution in [0, 0.1) is 0 Å². The lowest BCUT2D eigenvalue weighted by Crippen LogP contribution is -1.84. The largest absolute Gasteiger partial charge is 0.261 e. The van der Waals surface area contributed by atoms with Crippen molar-refractivity contribution in [2.45, 2.75) is 6.54 Å². The molecule has 0 fully saturated rings. The van der Waals surface area contributed by atoms with Gasteiger partial charge in [0, 0.05) is 21.3 Å². The first-order valence-electron chi connectivity index (χ1n) is 2.94. The summed E-state index contributed by atoms with van der Waals surface area (Å²) in [5, 5.41) is 3.38. The van der Waals surface area contributed by atoms with Crippen molar-refractivity contribution in [1.29, 1.82) is 0 Å². The van der Waals surface area contributed by atoms with Gasteiger partial charge in [-0.05, 0) is 17.7 Å². The summed E-state index contributed by atoms with van der Waals surface area (Å²) in [6, 6.07) is 3.63. The summed E-state index contributed by atoms with van der Waals surface area (Å²) in [7, 11) is 0. The molecule has 0 aliphatic rings. The molecule has 0 radical (unpaired) electrons. The molecule has 1 heterocycles. The molecule has 0 aliphatic heterocycles. The van der Waals surface area contributed by atoms with E-state index in [4.69, 9.17) is 5.53 Å². The predicted molar refractivity (Wildman–Crippen MR) is 44.8 cm³/mol. The molecular weight excluding hydrogens is 208 g/mol. The van der Waals surface area contributed by atoms with Crippen molar-refractivity contribution >= 4 is 15.9 Å². The van der Waals surface area contributed by atoms with Gasteiger partial charge in [0.25, 0.3) is 0 Å². The van der Waals surface area contributed by atoms with Crippen molar-refractivity contribution < 1.29 is 0 Å².